The standard InChI is InChI=1S/C15H20N4S/c1-15(2,3)10-5-7-11(8-6-10)17-13-9-12(16)18-14(19-13)20-4/h5-9H,1-4H3,(H3,16,17,18,19). The van der Waals surface area contributed by atoms with Crippen LogP contribution in [-0.4, -0.2) is 16.2 Å². The lowest BCUT2D eigenvalue weighted by atomic mass is 9.87. The predicted octanol–water partition coefficient (Wildman–Crippen LogP) is 3.82. The number of nitrogens with two attached hydrogens (primary N) is 1. The minimum absolute atomic E-state index is 0.157. The summed E-state index contributed by atoms with van der Waals surface area (Å²) in [6.07, 6.45) is 1.93. The highest BCUT2D eigenvalue weighted by Gasteiger charge is 2.12. The van der Waals surface area contributed by atoms with E-state index in [0.29, 0.717) is 16.8 Å². The number of aromatic nitrogens is 2. The van der Waals surface area contributed by atoms with Crippen molar-refractivity contribution < 1.29 is 0 Å². The van der Waals surface area contributed by atoms with Crippen molar-refractivity contribution in [1.82, 2.24) is 9.97 Å². The molecule has 106 valence electrons. The minimum atomic E-state index is 0.157. The normalized spacial score (nSPS) is 11.4. The molecule has 0 saturated heterocycles. The number of anilines is 3. The maximum atomic E-state index is 5.77. The van der Waals surface area contributed by atoms with E-state index in [0.717, 1.165) is 5.69 Å². The quantitative estimate of drug-likeness (QED) is 0.664. The molecule has 0 aliphatic carbocycles. The zero-order valence-electron chi connectivity index (χ0n) is 12.3. The molecule has 0 bridgehead atoms. The molecule has 0 saturated carbocycles. The second-order valence-electron chi connectivity index (χ2n) is 5.62. The smallest absolute Gasteiger partial charge is 0.191 e. The van der Waals surface area contributed by atoms with Crippen LogP contribution in [0, 0.1) is 0 Å². The zero-order chi connectivity index (χ0) is 14.8. The molecule has 5 heteroatoms. The predicted molar refractivity (Wildman–Crippen MR) is 86.7 cm³/mol. The zero-order valence-corrected chi connectivity index (χ0v) is 13.1. The maximum absolute atomic E-state index is 5.77. The third kappa shape index (κ3) is 3.63. The van der Waals surface area contributed by atoms with Crippen LogP contribution in [0.1, 0.15) is 26.3 Å². The van der Waals surface area contributed by atoms with E-state index >= 15 is 0 Å². The highest BCUT2D eigenvalue weighted by atomic mass is 32.2. The Bertz CT molecular complexity index is 588. The lowest BCUT2D eigenvalue weighted by Crippen LogP contribution is -2.10. The molecule has 0 spiro atoms. The Kier molecular flexibility index (Phi) is 4.18. The van der Waals surface area contributed by atoms with Crippen LogP contribution < -0.4 is 11.1 Å². The van der Waals surface area contributed by atoms with Crippen LogP contribution >= 0.6 is 11.8 Å². The van der Waals surface area contributed by atoms with Crippen molar-refractivity contribution in [2.45, 2.75) is 31.3 Å². The van der Waals surface area contributed by atoms with E-state index in [1.54, 1.807) is 6.07 Å². The third-order valence-corrected chi connectivity index (χ3v) is 3.48. The number of thioether (sulfide) groups is 1. The van der Waals surface area contributed by atoms with E-state index in [9.17, 15) is 0 Å². The molecular formula is C15H20N4S. The average molecular weight is 288 g/mol. The van der Waals surface area contributed by atoms with E-state index < -0.39 is 0 Å². The first-order chi connectivity index (χ1) is 9.38. The fourth-order valence-electron chi connectivity index (χ4n) is 1.80. The Morgan fingerprint density at radius 1 is 1.10 bits per heavy atom. The first-order valence-corrected chi connectivity index (χ1v) is 7.67. The van der Waals surface area contributed by atoms with Crippen molar-refractivity contribution in [2.75, 3.05) is 17.3 Å². The Morgan fingerprint density at radius 2 is 1.75 bits per heavy atom. The molecule has 1 aromatic heterocycles. The summed E-state index contributed by atoms with van der Waals surface area (Å²) in [6, 6.07) is 10.1. The minimum Gasteiger partial charge on any atom is -0.383 e. The molecule has 3 N–H and O–H groups in total. The molecule has 1 aromatic carbocycles. The second-order valence-corrected chi connectivity index (χ2v) is 6.39. The summed E-state index contributed by atoms with van der Waals surface area (Å²) in [6.45, 7) is 6.60. The SMILES string of the molecule is CSc1nc(N)cc(Nc2ccc(C(C)(C)C)cc2)n1. The van der Waals surface area contributed by atoms with Crippen molar-refractivity contribution in [3.8, 4) is 0 Å². The number of nitrogen functional groups attached to an aromatic ring is 1. The van der Waals surface area contributed by atoms with Gasteiger partial charge in [-0.1, -0.05) is 44.7 Å². The van der Waals surface area contributed by atoms with E-state index in [1.165, 1.54) is 17.3 Å². The number of hydrogen-bond acceptors (Lipinski definition) is 5. The molecule has 0 unspecified atom stereocenters. The summed E-state index contributed by atoms with van der Waals surface area (Å²) >= 11 is 1.47. The van der Waals surface area contributed by atoms with Gasteiger partial charge >= 0.3 is 0 Å². The Labute approximate surface area is 124 Å². The molecule has 4 nitrogen and oxygen atoms in total. The molecule has 20 heavy (non-hydrogen) atoms. The molecule has 0 aliphatic heterocycles. The summed E-state index contributed by atoms with van der Waals surface area (Å²) < 4.78 is 0. The fraction of sp³-hybridized carbons (Fsp3) is 0.333. The van der Waals surface area contributed by atoms with E-state index in [1.807, 2.05) is 6.26 Å². The van der Waals surface area contributed by atoms with Crippen LogP contribution in [0.25, 0.3) is 0 Å². The van der Waals surface area contributed by atoms with Crippen LogP contribution in [0.15, 0.2) is 35.5 Å². The van der Waals surface area contributed by atoms with Crippen molar-refractivity contribution in [3.63, 3.8) is 0 Å². The summed E-state index contributed by atoms with van der Waals surface area (Å²) in [4.78, 5) is 8.51. The molecule has 0 fully saturated rings. The highest BCUT2D eigenvalue weighted by Crippen LogP contribution is 2.25. The van der Waals surface area contributed by atoms with E-state index in [-0.39, 0.29) is 5.41 Å². The largest absolute Gasteiger partial charge is 0.383 e. The second kappa shape index (κ2) is 5.71. The van der Waals surface area contributed by atoms with Gasteiger partial charge in [-0.25, -0.2) is 9.97 Å². The van der Waals surface area contributed by atoms with Gasteiger partial charge in [0.15, 0.2) is 5.16 Å². The van der Waals surface area contributed by atoms with Gasteiger partial charge in [0.25, 0.3) is 0 Å². The molecule has 0 atom stereocenters. The molecule has 1 heterocycles. The van der Waals surface area contributed by atoms with E-state index in [4.69, 9.17) is 5.73 Å². The molecule has 0 amide bonds. The van der Waals surface area contributed by atoms with Crippen molar-refractivity contribution in [1.29, 1.82) is 0 Å². The van der Waals surface area contributed by atoms with Gasteiger partial charge in [0, 0.05) is 11.8 Å². The van der Waals surface area contributed by atoms with Crippen LogP contribution in [0.2, 0.25) is 0 Å². The van der Waals surface area contributed by atoms with Crippen LogP contribution in [-0.2, 0) is 5.41 Å². The van der Waals surface area contributed by atoms with Gasteiger partial charge < -0.3 is 11.1 Å². The fourth-order valence-corrected chi connectivity index (χ4v) is 2.19. The molecular weight excluding hydrogens is 268 g/mol. The van der Waals surface area contributed by atoms with Crippen molar-refractivity contribution in [2.24, 2.45) is 0 Å². The first kappa shape index (κ1) is 14.7. The van der Waals surface area contributed by atoms with Crippen LogP contribution in [0.4, 0.5) is 17.3 Å². The number of rotatable bonds is 3. The van der Waals surface area contributed by atoms with Crippen LogP contribution in [0.5, 0.6) is 0 Å². The number of nitrogens with zero attached hydrogens (tertiary/aromatic N) is 2. The monoisotopic (exact) mass is 288 g/mol. The van der Waals surface area contributed by atoms with Gasteiger partial charge in [-0.3, -0.25) is 0 Å². The summed E-state index contributed by atoms with van der Waals surface area (Å²) in [5.41, 5.74) is 8.21. The summed E-state index contributed by atoms with van der Waals surface area (Å²) in [5.74, 6) is 1.18. The van der Waals surface area contributed by atoms with Crippen LogP contribution in [0.3, 0.4) is 0 Å². The van der Waals surface area contributed by atoms with E-state index in [2.05, 4.69) is 60.3 Å². The Hall–Kier alpha value is -1.75. The lowest BCUT2D eigenvalue weighted by Gasteiger charge is -2.19. The summed E-state index contributed by atoms with van der Waals surface area (Å²) in [7, 11) is 0. The van der Waals surface area contributed by atoms with Crippen molar-refractivity contribution >= 4 is 29.1 Å². The average Bonchev–Trinajstić information content (AvgIpc) is 2.37. The number of benzene rings is 1. The van der Waals surface area contributed by atoms with Gasteiger partial charge in [-0.2, -0.15) is 0 Å². The van der Waals surface area contributed by atoms with Gasteiger partial charge in [-0.15, -0.1) is 0 Å². The molecule has 2 rings (SSSR count). The summed E-state index contributed by atoms with van der Waals surface area (Å²) in [5, 5.41) is 3.92. The van der Waals surface area contributed by atoms with Gasteiger partial charge in [0.05, 0.1) is 0 Å². The molecule has 0 aliphatic rings. The molecule has 0 radical (unpaired) electrons. The maximum Gasteiger partial charge on any atom is 0.191 e. The Morgan fingerprint density at radius 3 is 2.30 bits per heavy atom. The third-order valence-electron chi connectivity index (χ3n) is 2.93. The lowest BCUT2D eigenvalue weighted by molar-refractivity contribution is 0.590. The first-order valence-electron chi connectivity index (χ1n) is 6.44. The Balaban J connectivity index is 2.20. The number of nitrogens with one attached hydrogen (secondary N) is 1. The van der Waals surface area contributed by atoms with Gasteiger partial charge in [0.2, 0.25) is 0 Å². The highest BCUT2D eigenvalue weighted by molar-refractivity contribution is 7.98. The molecule has 2 aromatic rings. The topological polar surface area (TPSA) is 63.8 Å². The van der Waals surface area contributed by atoms with Crippen molar-refractivity contribution in [3.05, 3.63) is 35.9 Å². The van der Waals surface area contributed by atoms with Gasteiger partial charge in [0.1, 0.15) is 11.6 Å². The number of hydrogen-bond donors (Lipinski definition) is 2. The van der Waals surface area contributed by atoms with Gasteiger partial charge in [-0.05, 0) is 29.4 Å².